The molecule has 0 unspecified atom stereocenters. The van der Waals surface area contributed by atoms with Crippen LogP contribution >= 0.6 is 0 Å². The summed E-state index contributed by atoms with van der Waals surface area (Å²) >= 11 is 0. The van der Waals surface area contributed by atoms with Crippen LogP contribution in [0.4, 0.5) is 0 Å². The number of esters is 2. The van der Waals surface area contributed by atoms with E-state index in [-0.39, 0.29) is 18.2 Å². The van der Waals surface area contributed by atoms with E-state index < -0.39 is 24.4 Å². The van der Waals surface area contributed by atoms with Crippen LogP contribution in [-0.4, -0.2) is 49.3 Å². The zero-order valence-corrected chi connectivity index (χ0v) is 15.1. The molecule has 7 nitrogen and oxygen atoms in total. The van der Waals surface area contributed by atoms with Crippen molar-refractivity contribution in [2.24, 2.45) is 5.92 Å². The minimum absolute atomic E-state index is 0.106. The number of rotatable bonds is 9. The molecule has 7 heteroatoms. The summed E-state index contributed by atoms with van der Waals surface area (Å²) in [6, 6.07) is 8.91. The third-order valence-electron chi connectivity index (χ3n) is 3.70. The molecule has 0 amide bonds. The molecule has 0 aliphatic rings. The van der Waals surface area contributed by atoms with Gasteiger partial charge in [-0.25, -0.2) is 4.79 Å². The molecule has 0 aliphatic carbocycles. The Balaban J connectivity index is 2.91. The van der Waals surface area contributed by atoms with Gasteiger partial charge in [0.05, 0.1) is 20.8 Å². The van der Waals surface area contributed by atoms with E-state index in [0.29, 0.717) is 11.3 Å². The van der Waals surface area contributed by atoms with Crippen LogP contribution in [0.25, 0.3) is 0 Å². The Kier molecular flexibility index (Phi) is 8.63. The van der Waals surface area contributed by atoms with E-state index in [9.17, 15) is 14.8 Å². The summed E-state index contributed by atoms with van der Waals surface area (Å²) in [6.45, 7) is 4.14. The van der Waals surface area contributed by atoms with Crippen LogP contribution < -0.4 is 0 Å². The molecule has 1 aromatic rings. The van der Waals surface area contributed by atoms with E-state index in [4.69, 9.17) is 4.74 Å². The van der Waals surface area contributed by atoms with E-state index in [0.717, 1.165) is 12.7 Å². The number of hydrogen-bond acceptors (Lipinski definition) is 6. The Labute approximate surface area is 147 Å². The molecule has 25 heavy (non-hydrogen) atoms. The second kappa shape index (κ2) is 10.5. The summed E-state index contributed by atoms with van der Waals surface area (Å²) in [5, 5.41) is 12.7. The van der Waals surface area contributed by atoms with Gasteiger partial charge in [0, 0.05) is 5.92 Å². The van der Waals surface area contributed by atoms with Gasteiger partial charge in [-0.1, -0.05) is 44.2 Å². The number of benzene rings is 1. The second-order valence-corrected chi connectivity index (χ2v) is 5.83. The molecule has 0 aromatic heterocycles. The maximum atomic E-state index is 12.7. The van der Waals surface area contributed by atoms with Crippen LogP contribution in [0.1, 0.15) is 25.8 Å². The minimum Gasteiger partial charge on any atom is -0.623 e. The maximum absolute atomic E-state index is 12.7. The quantitative estimate of drug-likeness (QED) is 0.222. The number of hydrogen-bond donors (Lipinski definition) is 0. The van der Waals surface area contributed by atoms with Crippen LogP contribution in [0.5, 0.6) is 0 Å². The van der Waals surface area contributed by atoms with Gasteiger partial charge < -0.3 is 19.4 Å². The summed E-state index contributed by atoms with van der Waals surface area (Å²) in [4.78, 5) is 23.4. The Bertz CT molecular complexity index is 597. The highest BCUT2D eigenvalue weighted by molar-refractivity contribution is 6.37. The zero-order valence-electron chi connectivity index (χ0n) is 15.1. The van der Waals surface area contributed by atoms with Crippen molar-refractivity contribution in [3.8, 4) is 0 Å². The van der Waals surface area contributed by atoms with Crippen molar-refractivity contribution in [1.29, 1.82) is 0 Å². The first-order chi connectivity index (χ1) is 11.9. The van der Waals surface area contributed by atoms with E-state index >= 15 is 0 Å². The SMILES string of the molecule is COC(=O)C/C(C(=O)OC)=[N+](\[O-])[C@H](COCc1ccccc1)C(C)C. The molecule has 0 heterocycles. The lowest BCUT2D eigenvalue weighted by molar-refractivity contribution is -0.515. The number of ether oxygens (including phenoxy) is 3. The average Bonchev–Trinajstić information content (AvgIpc) is 2.62. The molecular formula is C18H25NO6. The van der Waals surface area contributed by atoms with Gasteiger partial charge >= 0.3 is 11.9 Å². The van der Waals surface area contributed by atoms with Crippen molar-refractivity contribution in [2.75, 3.05) is 20.8 Å². The maximum Gasteiger partial charge on any atom is 0.400 e. The number of nitrogens with zero attached hydrogens (tertiary/aromatic N) is 1. The van der Waals surface area contributed by atoms with Gasteiger partial charge in [-0.3, -0.25) is 4.79 Å². The second-order valence-electron chi connectivity index (χ2n) is 5.83. The summed E-state index contributed by atoms with van der Waals surface area (Å²) in [6.07, 6.45) is -0.450. The predicted octanol–water partition coefficient (Wildman–Crippen LogP) is 1.92. The van der Waals surface area contributed by atoms with Gasteiger partial charge in [-0.05, 0) is 5.56 Å². The van der Waals surface area contributed by atoms with Crippen molar-refractivity contribution in [1.82, 2.24) is 0 Å². The molecule has 0 aliphatic heterocycles. The van der Waals surface area contributed by atoms with Gasteiger partial charge in [0.1, 0.15) is 13.0 Å². The van der Waals surface area contributed by atoms with Crippen LogP contribution in [0.2, 0.25) is 0 Å². The van der Waals surface area contributed by atoms with Crippen LogP contribution in [0.3, 0.4) is 0 Å². The highest BCUT2D eigenvalue weighted by Gasteiger charge is 2.31. The summed E-state index contributed by atoms with van der Waals surface area (Å²) in [5.41, 5.74) is 0.686. The predicted molar refractivity (Wildman–Crippen MR) is 92.0 cm³/mol. The Morgan fingerprint density at radius 1 is 1.12 bits per heavy atom. The summed E-state index contributed by atoms with van der Waals surface area (Å²) in [5.74, 6) is -1.64. The highest BCUT2D eigenvalue weighted by atomic mass is 16.5. The molecule has 1 rings (SSSR count). The molecule has 0 saturated carbocycles. The number of hydroxylamine groups is 1. The Hall–Kier alpha value is -2.41. The van der Waals surface area contributed by atoms with Crippen LogP contribution in [-0.2, 0) is 30.4 Å². The van der Waals surface area contributed by atoms with E-state index in [2.05, 4.69) is 9.47 Å². The average molecular weight is 351 g/mol. The fraction of sp³-hybridized carbons (Fsp3) is 0.500. The van der Waals surface area contributed by atoms with Crippen molar-refractivity contribution < 1.29 is 28.5 Å². The summed E-state index contributed by atoms with van der Waals surface area (Å²) < 4.78 is 15.3. The normalized spacial score (nSPS) is 13.2. The topological polar surface area (TPSA) is 87.9 Å². The van der Waals surface area contributed by atoms with Crippen molar-refractivity contribution in [2.45, 2.75) is 32.9 Å². The lowest BCUT2D eigenvalue weighted by Crippen LogP contribution is -2.40. The molecule has 0 fully saturated rings. The largest absolute Gasteiger partial charge is 0.623 e. The van der Waals surface area contributed by atoms with Crippen LogP contribution in [0.15, 0.2) is 30.3 Å². The zero-order chi connectivity index (χ0) is 18.8. The van der Waals surface area contributed by atoms with Crippen molar-refractivity contribution in [3.05, 3.63) is 41.1 Å². The fourth-order valence-electron chi connectivity index (χ4n) is 2.17. The lowest BCUT2D eigenvalue weighted by atomic mass is 10.1. The van der Waals surface area contributed by atoms with Gasteiger partial charge in [-0.15, -0.1) is 0 Å². The van der Waals surface area contributed by atoms with Gasteiger partial charge in [-0.2, -0.15) is 4.74 Å². The standard InChI is InChI=1S/C18H25NO6/c1-13(2)16(12-25-11-14-8-6-5-7-9-14)19(22)15(18(21)24-4)10-17(20)23-3/h5-9,13,16H,10-12H2,1-4H3/b19-15+/t16-/m1/s1. The van der Waals surface area contributed by atoms with Crippen molar-refractivity contribution >= 4 is 17.7 Å². The molecular weight excluding hydrogens is 326 g/mol. The molecule has 138 valence electrons. The minimum atomic E-state index is -0.853. The highest BCUT2D eigenvalue weighted by Crippen LogP contribution is 2.11. The third kappa shape index (κ3) is 6.54. The molecule has 0 saturated heterocycles. The molecule has 0 radical (unpaired) electrons. The first kappa shape index (κ1) is 20.6. The number of methoxy groups -OCH3 is 2. The molecule has 1 atom stereocenters. The number of carbonyl (C=O) groups excluding carboxylic acids is 2. The lowest BCUT2D eigenvalue weighted by Gasteiger charge is -2.22. The number of carbonyl (C=O) groups is 2. The van der Waals surface area contributed by atoms with E-state index in [1.54, 1.807) is 0 Å². The van der Waals surface area contributed by atoms with Gasteiger partial charge in [0.25, 0.3) is 5.71 Å². The Morgan fingerprint density at radius 3 is 2.28 bits per heavy atom. The van der Waals surface area contributed by atoms with E-state index in [1.807, 2.05) is 44.2 Å². The van der Waals surface area contributed by atoms with Gasteiger partial charge in [0.15, 0.2) is 6.04 Å². The fourth-order valence-corrected chi connectivity index (χ4v) is 2.17. The molecule has 0 spiro atoms. The van der Waals surface area contributed by atoms with Crippen molar-refractivity contribution in [3.63, 3.8) is 0 Å². The smallest absolute Gasteiger partial charge is 0.400 e. The summed E-state index contributed by atoms with van der Waals surface area (Å²) in [7, 11) is 2.35. The first-order valence-corrected chi connectivity index (χ1v) is 7.99. The van der Waals surface area contributed by atoms with Crippen LogP contribution in [0, 0.1) is 11.1 Å². The monoisotopic (exact) mass is 351 g/mol. The van der Waals surface area contributed by atoms with Gasteiger partial charge in [0.2, 0.25) is 0 Å². The Morgan fingerprint density at radius 2 is 1.76 bits per heavy atom. The molecule has 0 bridgehead atoms. The first-order valence-electron chi connectivity index (χ1n) is 7.99. The molecule has 1 aromatic carbocycles. The third-order valence-corrected chi connectivity index (χ3v) is 3.70. The van der Waals surface area contributed by atoms with E-state index in [1.165, 1.54) is 7.11 Å². The molecule has 0 N–H and O–H groups in total.